The maximum absolute atomic E-state index is 12.2. The van der Waals surface area contributed by atoms with Gasteiger partial charge in [0.2, 0.25) is 0 Å². The molecule has 8 heteroatoms. The van der Waals surface area contributed by atoms with Gasteiger partial charge >= 0.3 is 6.18 Å². The second-order valence-electron chi connectivity index (χ2n) is 5.68. The molecule has 1 rings (SSSR count). The van der Waals surface area contributed by atoms with Crippen molar-refractivity contribution in [2.45, 2.75) is 44.9 Å². The van der Waals surface area contributed by atoms with E-state index in [1.54, 1.807) is 0 Å². The van der Waals surface area contributed by atoms with Crippen LogP contribution in [0.3, 0.4) is 0 Å². The van der Waals surface area contributed by atoms with Gasteiger partial charge in [-0.15, -0.1) is 24.0 Å². The molecular formula is C11H22F3IN4. The van der Waals surface area contributed by atoms with Gasteiger partial charge in [-0.3, -0.25) is 4.90 Å². The summed E-state index contributed by atoms with van der Waals surface area (Å²) in [5, 5.41) is 3.00. The maximum Gasteiger partial charge on any atom is 0.401 e. The van der Waals surface area contributed by atoms with Crippen LogP contribution in [-0.4, -0.2) is 48.3 Å². The molecular weight excluding hydrogens is 372 g/mol. The Labute approximate surface area is 129 Å². The Morgan fingerprint density at radius 3 is 2.42 bits per heavy atom. The number of likely N-dealkylation sites (tertiary alicyclic amines) is 1. The molecule has 1 atom stereocenters. The zero-order chi connectivity index (χ0) is 14.0. The number of nitrogens with zero attached hydrogens (tertiary/aromatic N) is 2. The van der Waals surface area contributed by atoms with Crippen LogP contribution in [0.15, 0.2) is 4.99 Å². The summed E-state index contributed by atoms with van der Waals surface area (Å²) in [6, 6.07) is -0.151. The Morgan fingerprint density at radius 1 is 1.37 bits per heavy atom. The van der Waals surface area contributed by atoms with E-state index in [9.17, 15) is 13.2 Å². The van der Waals surface area contributed by atoms with E-state index in [-0.39, 0.29) is 35.6 Å². The summed E-state index contributed by atoms with van der Waals surface area (Å²) >= 11 is 0. The molecule has 19 heavy (non-hydrogen) atoms. The van der Waals surface area contributed by atoms with Gasteiger partial charge in [0.15, 0.2) is 5.96 Å². The molecule has 4 nitrogen and oxygen atoms in total. The van der Waals surface area contributed by atoms with Crippen molar-refractivity contribution in [1.29, 1.82) is 0 Å². The summed E-state index contributed by atoms with van der Waals surface area (Å²) in [7, 11) is 0. The number of nitrogens with two attached hydrogens (primary N) is 1. The molecule has 3 N–H and O–H groups in total. The van der Waals surface area contributed by atoms with Gasteiger partial charge in [0.25, 0.3) is 0 Å². The second-order valence-corrected chi connectivity index (χ2v) is 5.68. The first-order valence-corrected chi connectivity index (χ1v) is 5.96. The fourth-order valence-corrected chi connectivity index (χ4v) is 1.93. The molecule has 1 aliphatic heterocycles. The minimum Gasteiger partial charge on any atom is -0.370 e. The van der Waals surface area contributed by atoms with Crippen LogP contribution in [0.4, 0.5) is 13.2 Å². The van der Waals surface area contributed by atoms with Crippen LogP contribution in [0.1, 0.15) is 27.2 Å². The highest BCUT2D eigenvalue weighted by atomic mass is 127. The highest BCUT2D eigenvalue weighted by Crippen LogP contribution is 2.21. The number of rotatable bonds is 2. The van der Waals surface area contributed by atoms with Crippen molar-refractivity contribution in [3.05, 3.63) is 0 Å². The Balaban J connectivity index is 0.00000324. The van der Waals surface area contributed by atoms with Crippen LogP contribution in [0.2, 0.25) is 0 Å². The highest BCUT2D eigenvalue weighted by Gasteiger charge is 2.34. The maximum atomic E-state index is 12.2. The standard InChI is InChI=1S/C11H21F3N4.HI/c1-10(2,3)17-9(15)16-8-4-5-18(6-8)7-11(12,13)14;/h8H,4-7H2,1-3H3,(H3,15,16,17);1H. The van der Waals surface area contributed by atoms with Gasteiger partial charge in [-0.25, -0.2) is 4.99 Å². The smallest absolute Gasteiger partial charge is 0.370 e. The van der Waals surface area contributed by atoms with Crippen molar-refractivity contribution in [3.63, 3.8) is 0 Å². The Kier molecular flexibility index (Phi) is 6.87. The number of alkyl halides is 3. The van der Waals surface area contributed by atoms with E-state index in [4.69, 9.17) is 5.73 Å². The fourth-order valence-electron chi connectivity index (χ4n) is 1.93. The molecule has 0 radical (unpaired) electrons. The molecule has 1 unspecified atom stereocenters. The van der Waals surface area contributed by atoms with Crippen LogP contribution in [0.5, 0.6) is 0 Å². The van der Waals surface area contributed by atoms with Crippen LogP contribution >= 0.6 is 24.0 Å². The van der Waals surface area contributed by atoms with Gasteiger partial charge in [0.05, 0.1) is 12.6 Å². The Hall–Kier alpha value is -0.250. The number of halogens is 4. The number of guanidine groups is 1. The van der Waals surface area contributed by atoms with Crippen molar-refractivity contribution < 1.29 is 13.2 Å². The van der Waals surface area contributed by atoms with E-state index in [0.717, 1.165) is 0 Å². The Morgan fingerprint density at radius 2 is 1.95 bits per heavy atom. The summed E-state index contributed by atoms with van der Waals surface area (Å²) < 4.78 is 36.6. The molecule has 0 aliphatic carbocycles. The van der Waals surface area contributed by atoms with Crippen molar-refractivity contribution in [3.8, 4) is 0 Å². The molecule has 0 aromatic rings. The molecule has 1 heterocycles. The predicted molar refractivity (Wildman–Crippen MR) is 80.8 cm³/mol. The molecule has 1 fully saturated rings. The van der Waals surface area contributed by atoms with Gasteiger partial charge in [0.1, 0.15) is 0 Å². The Bertz CT molecular complexity index is 312. The van der Waals surface area contributed by atoms with Crippen LogP contribution in [0.25, 0.3) is 0 Å². The molecule has 0 spiro atoms. The van der Waals surface area contributed by atoms with Crippen molar-refractivity contribution in [2.24, 2.45) is 10.7 Å². The van der Waals surface area contributed by atoms with Gasteiger partial charge in [-0.2, -0.15) is 13.2 Å². The van der Waals surface area contributed by atoms with Gasteiger partial charge in [-0.1, -0.05) is 0 Å². The third-order valence-electron chi connectivity index (χ3n) is 2.48. The van der Waals surface area contributed by atoms with E-state index in [0.29, 0.717) is 25.5 Å². The molecule has 1 aliphatic rings. The third-order valence-corrected chi connectivity index (χ3v) is 2.48. The minimum absolute atomic E-state index is 0. The van der Waals surface area contributed by atoms with E-state index in [2.05, 4.69) is 10.3 Å². The number of nitrogens with one attached hydrogen (secondary N) is 1. The second kappa shape index (κ2) is 6.96. The fraction of sp³-hybridized carbons (Fsp3) is 0.909. The molecule has 114 valence electrons. The average Bonchev–Trinajstić information content (AvgIpc) is 2.44. The SMILES string of the molecule is CC(C)(C)NC(N)=NC1CCN(CC(F)(F)F)C1.I. The topological polar surface area (TPSA) is 53.6 Å². The van der Waals surface area contributed by atoms with Crippen LogP contribution in [-0.2, 0) is 0 Å². The lowest BCUT2D eigenvalue weighted by molar-refractivity contribution is -0.143. The zero-order valence-corrected chi connectivity index (χ0v) is 13.8. The predicted octanol–water partition coefficient (Wildman–Crippen LogP) is 1.94. The molecule has 1 saturated heterocycles. The van der Waals surface area contributed by atoms with Crippen molar-refractivity contribution >= 4 is 29.9 Å². The van der Waals surface area contributed by atoms with E-state index in [1.807, 2.05) is 20.8 Å². The van der Waals surface area contributed by atoms with E-state index < -0.39 is 12.7 Å². The summed E-state index contributed by atoms with van der Waals surface area (Å²) in [6.45, 7) is 5.69. The summed E-state index contributed by atoms with van der Waals surface area (Å²) in [5.74, 6) is 0.293. The van der Waals surface area contributed by atoms with Gasteiger partial charge < -0.3 is 11.1 Å². The first-order chi connectivity index (χ1) is 8.05. The molecule has 0 saturated carbocycles. The lowest BCUT2D eigenvalue weighted by Crippen LogP contribution is -2.45. The average molecular weight is 394 g/mol. The van der Waals surface area contributed by atoms with Crippen molar-refractivity contribution in [2.75, 3.05) is 19.6 Å². The zero-order valence-electron chi connectivity index (χ0n) is 11.4. The number of aliphatic imine (C=N–C) groups is 1. The summed E-state index contributed by atoms with van der Waals surface area (Å²) in [6.07, 6.45) is -3.53. The lowest BCUT2D eigenvalue weighted by atomic mass is 10.1. The third kappa shape index (κ3) is 8.51. The molecule has 0 aromatic heterocycles. The number of hydrogen-bond acceptors (Lipinski definition) is 2. The quantitative estimate of drug-likeness (QED) is 0.428. The van der Waals surface area contributed by atoms with Crippen LogP contribution in [0, 0.1) is 0 Å². The molecule has 0 aromatic carbocycles. The number of hydrogen-bond donors (Lipinski definition) is 2. The summed E-state index contributed by atoms with van der Waals surface area (Å²) in [4.78, 5) is 5.58. The first kappa shape index (κ1) is 18.8. The van der Waals surface area contributed by atoms with E-state index >= 15 is 0 Å². The molecule has 0 amide bonds. The van der Waals surface area contributed by atoms with E-state index in [1.165, 1.54) is 4.90 Å². The lowest BCUT2D eigenvalue weighted by Gasteiger charge is -2.22. The first-order valence-electron chi connectivity index (χ1n) is 5.96. The van der Waals surface area contributed by atoms with Gasteiger partial charge in [-0.05, 0) is 27.2 Å². The monoisotopic (exact) mass is 394 g/mol. The highest BCUT2D eigenvalue weighted by molar-refractivity contribution is 14.0. The molecule has 0 bridgehead atoms. The van der Waals surface area contributed by atoms with Gasteiger partial charge in [0, 0.05) is 18.6 Å². The normalized spacial score (nSPS) is 22.2. The van der Waals surface area contributed by atoms with Crippen molar-refractivity contribution in [1.82, 2.24) is 10.2 Å². The minimum atomic E-state index is -4.15. The van der Waals surface area contributed by atoms with Crippen LogP contribution < -0.4 is 11.1 Å². The largest absolute Gasteiger partial charge is 0.401 e. The summed E-state index contributed by atoms with van der Waals surface area (Å²) in [5.41, 5.74) is 5.51.